The van der Waals surface area contributed by atoms with Crippen LogP contribution >= 0.6 is 15.9 Å². The van der Waals surface area contributed by atoms with Crippen LogP contribution in [0.15, 0.2) is 28.7 Å². The lowest BCUT2D eigenvalue weighted by molar-refractivity contribution is 0.111. The fourth-order valence-electron chi connectivity index (χ4n) is 1.82. The molecular weight excluding hydrogens is 294 g/mol. The molecule has 1 aromatic carbocycles. The lowest BCUT2D eigenvalue weighted by atomic mass is 10.2. The molecule has 0 N–H and O–H groups in total. The zero-order valence-corrected chi connectivity index (χ0v) is 11.7. The van der Waals surface area contributed by atoms with Gasteiger partial charge in [-0.25, -0.2) is 4.68 Å². The number of benzene rings is 1. The topological polar surface area (TPSA) is 47.8 Å². The predicted molar refractivity (Wildman–Crippen MR) is 72.6 cm³/mol. The number of aldehydes is 1. The van der Waals surface area contributed by atoms with Gasteiger partial charge in [-0.3, -0.25) is 4.79 Å². The van der Waals surface area contributed by atoms with Gasteiger partial charge in [0.1, 0.15) is 5.69 Å². The highest BCUT2D eigenvalue weighted by atomic mass is 79.9. The van der Waals surface area contributed by atoms with Crippen molar-refractivity contribution in [2.24, 2.45) is 0 Å². The first-order chi connectivity index (χ1) is 8.74. The largest absolute Gasteiger partial charge is 0.296 e. The first-order valence-electron chi connectivity index (χ1n) is 5.86. The third kappa shape index (κ3) is 2.85. The van der Waals surface area contributed by atoms with Crippen LogP contribution in [0.3, 0.4) is 0 Å². The van der Waals surface area contributed by atoms with Crippen molar-refractivity contribution in [3.8, 4) is 0 Å². The van der Waals surface area contributed by atoms with Crippen molar-refractivity contribution in [1.82, 2.24) is 15.0 Å². The summed E-state index contributed by atoms with van der Waals surface area (Å²) in [4.78, 5) is 10.9. The molecule has 2 rings (SSSR count). The summed E-state index contributed by atoms with van der Waals surface area (Å²) in [6, 6.07) is 8.04. The van der Waals surface area contributed by atoms with Gasteiger partial charge in [-0.2, -0.15) is 0 Å². The third-order valence-electron chi connectivity index (χ3n) is 2.71. The monoisotopic (exact) mass is 307 g/mol. The smallest absolute Gasteiger partial charge is 0.172 e. The molecule has 5 heteroatoms. The zero-order valence-electron chi connectivity index (χ0n) is 10.1. The summed E-state index contributed by atoms with van der Waals surface area (Å²) in [5.41, 5.74) is 2.50. The molecule has 94 valence electrons. The van der Waals surface area contributed by atoms with Crippen LogP contribution in [0.2, 0.25) is 0 Å². The summed E-state index contributed by atoms with van der Waals surface area (Å²) in [5.74, 6) is 0. The highest BCUT2D eigenvalue weighted by Gasteiger charge is 2.11. The van der Waals surface area contributed by atoms with Crippen molar-refractivity contribution in [3.63, 3.8) is 0 Å². The number of hydrogen-bond acceptors (Lipinski definition) is 3. The van der Waals surface area contributed by atoms with Crippen molar-refractivity contribution in [2.45, 2.75) is 26.3 Å². The molecule has 0 bridgehead atoms. The molecular formula is C13H14BrN3O. The third-order valence-corrected chi connectivity index (χ3v) is 3.24. The van der Waals surface area contributed by atoms with Crippen molar-refractivity contribution in [1.29, 1.82) is 0 Å². The molecule has 2 aromatic rings. The molecule has 0 spiro atoms. The van der Waals surface area contributed by atoms with E-state index >= 15 is 0 Å². The maximum Gasteiger partial charge on any atom is 0.172 e. The lowest BCUT2D eigenvalue weighted by Crippen LogP contribution is -2.07. The Balaban J connectivity index is 2.25. The highest BCUT2D eigenvalue weighted by molar-refractivity contribution is 9.10. The van der Waals surface area contributed by atoms with E-state index in [1.165, 1.54) is 0 Å². The normalized spacial score (nSPS) is 10.6. The van der Waals surface area contributed by atoms with E-state index in [-0.39, 0.29) is 0 Å². The van der Waals surface area contributed by atoms with E-state index in [0.29, 0.717) is 12.2 Å². The summed E-state index contributed by atoms with van der Waals surface area (Å²) >= 11 is 3.40. The highest BCUT2D eigenvalue weighted by Crippen LogP contribution is 2.13. The summed E-state index contributed by atoms with van der Waals surface area (Å²) in [7, 11) is 0. The van der Waals surface area contributed by atoms with Crippen LogP contribution in [0.4, 0.5) is 0 Å². The predicted octanol–water partition coefficient (Wildman–Crippen LogP) is 2.85. The molecule has 4 nitrogen and oxygen atoms in total. The Bertz CT molecular complexity index is 534. The van der Waals surface area contributed by atoms with E-state index in [1.54, 1.807) is 4.68 Å². The summed E-state index contributed by atoms with van der Waals surface area (Å²) in [6.07, 6.45) is 2.56. The van der Waals surface area contributed by atoms with Crippen molar-refractivity contribution >= 4 is 22.2 Å². The minimum Gasteiger partial charge on any atom is -0.296 e. The van der Waals surface area contributed by atoms with Crippen LogP contribution in [0.1, 0.15) is 35.1 Å². The number of carbonyl (C=O) groups excluding carboxylic acids is 1. The molecule has 0 aliphatic heterocycles. The number of nitrogens with zero attached hydrogens (tertiary/aromatic N) is 3. The average molecular weight is 308 g/mol. The summed E-state index contributed by atoms with van der Waals surface area (Å²) < 4.78 is 2.85. The van der Waals surface area contributed by atoms with Crippen LogP contribution in [0, 0.1) is 0 Å². The number of halogens is 1. The van der Waals surface area contributed by atoms with Crippen LogP contribution in [0.5, 0.6) is 0 Å². The molecule has 1 aromatic heterocycles. The number of carbonyl (C=O) groups is 1. The van der Waals surface area contributed by atoms with Gasteiger partial charge in [0.2, 0.25) is 0 Å². The zero-order chi connectivity index (χ0) is 13.0. The summed E-state index contributed by atoms with van der Waals surface area (Å²) in [5, 5.41) is 7.95. The molecule has 0 atom stereocenters. The second-order valence-corrected chi connectivity index (χ2v) is 4.99. The molecule has 0 unspecified atom stereocenters. The first kappa shape index (κ1) is 13.0. The second kappa shape index (κ2) is 5.91. The molecule has 0 saturated carbocycles. The van der Waals surface area contributed by atoms with Crippen LogP contribution < -0.4 is 0 Å². The molecule has 0 aliphatic rings. The fourth-order valence-corrected chi connectivity index (χ4v) is 2.09. The van der Waals surface area contributed by atoms with Crippen molar-refractivity contribution in [3.05, 3.63) is 45.7 Å². The Morgan fingerprint density at radius 1 is 1.33 bits per heavy atom. The maximum atomic E-state index is 10.9. The van der Waals surface area contributed by atoms with E-state index in [0.717, 1.165) is 34.9 Å². The van der Waals surface area contributed by atoms with Gasteiger partial charge in [0.15, 0.2) is 6.29 Å². The van der Waals surface area contributed by atoms with Crippen molar-refractivity contribution in [2.75, 3.05) is 0 Å². The number of hydrogen-bond donors (Lipinski definition) is 0. The molecule has 0 saturated heterocycles. The quantitative estimate of drug-likeness (QED) is 0.798. The molecule has 0 amide bonds. The van der Waals surface area contributed by atoms with Gasteiger partial charge >= 0.3 is 0 Å². The van der Waals surface area contributed by atoms with E-state index in [4.69, 9.17) is 0 Å². The molecule has 1 heterocycles. The molecule has 0 fully saturated rings. The maximum absolute atomic E-state index is 10.9. The first-order valence-corrected chi connectivity index (χ1v) is 6.66. The Hall–Kier alpha value is -1.49. The Kier molecular flexibility index (Phi) is 4.25. The van der Waals surface area contributed by atoms with Crippen LogP contribution in [0.25, 0.3) is 0 Å². The molecule has 18 heavy (non-hydrogen) atoms. The van der Waals surface area contributed by atoms with Gasteiger partial charge in [-0.15, -0.1) is 5.10 Å². The second-order valence-electron chi connectivity index (χ2n) is 4.07. The van der Waals surface area contributed by atoms with E-state index < -0.39 is 0 Å². The fraction of sp³-hybridized carbons (Fsp3) is 0.308. The van der Waals surface area contributed by atoms with Gasteiger partial charge in [0.25, 0.3) is 0 Å². The Morgan fingerprint density at radius 3 is 2.67 bits per heavy atom. The standard InChI is InChI=1S/C13H14BrN3O/c1-2-3-13-12(9-18)15-16-17(13)8-10-4-6-11(14)7-5-10/h4-7,9H,2-3,8H2,1H3. The van der Waals surface area contributed by atoms with Gasteiger partial charge in [-0.1, -0.05) is 46.6 Å². The van der Waals surface area contributed by atoms with Gasteiger partial charge in [0, 0.05) is 4.47 Å². The Labute approximate surface area is 114 Å². The minimum atomic E-state index is 0.453. The van der Waals surface area contributed by atoms with Gasteiger partial charge in [0.05, 0.1) is 12.2 Å². The minimum absolute atomic E-state index is 0.453. The summed E-state index contributed by atoms with van der Waals surface area (Å²) in [6.45, 7) is 2.72. The average Bonchev–Trinajstić information content (AvgIpc) is 2.75. The van der Waals surface area contributed by atoms with Crippen molar-refractivity contribution < 1.29 is 4.79 Å². The van der Waals surface area contributed by atoms with Crippen LogP contribution in [-0.4, -0.2) is 21.3 Å². The number of rotatable bonds is 5. The van der Waals surface area contributed by atoms with Gasteiger partial charge in [-0.05, 0) is 24.1 Å². The Morgan fingerprint density at radius 2 is 2.06 bits per heavy atom. The lowest BCUT2D eigenvalue weighted by Gasteiger charge is -2.06. The van der Waals surface area contributed by atoms with Gasteiger partial charge < -0.3 is 0 Å². The molecule has 0 aliphatic carbocycles. The SMILES string of the molecule is CCCc1c(C=O)nnn1Cc1ccc(Br)cc1. The van der Waals surface area contributed by atoms with E-state index in [1.807, 2.05) is 24.3 Å². The molecule has 0 radical (unpaired) electrons. The van der Waals surface area contributed by atoms with Crippen LogP contribution in [-0.2, 0) is 13.0 Å². The number of aromatic nitrogens is 3. The van der Waals surface area contributed by atoms with E-state index in [9.17, 15) is 4.79 Å². The van der Waals surface area contributed by atoms with E-state index in [2.05, 4.69) is 33.2 Å².